The quantitative estimate of drug-likeness (QED) is 0.675. The zero-order valence-corrected chi connectivity index (χ0v) is 8.44. The van der Waals surface area contributed by atoms with Gasteiger partial charge in [0, 0.05) is 11.5 Å². The Balaban J connectivity index is 2.25. The van der Waals surface area contributed by atoms with Gasteiger partial charge < -0.3 is 0 Å². The molecule has 1 rings (SSSR count). The van der Waals surface area contributed by atoms with Crippen LogP contribution in [-0.2, 0) is 10.7 Å². The highest BCUT2D eigenvalue weighted by molar-refractivity contribution is 7.98. The van der Waals surface area contributed by atoms with Crippen molar-refractivity contribution >= 4 is 11.8 Å². The normalized spacial score (nSPS) is 10.3. The van der Waals surface area contributed by atoms with Gasteiger partial charge in [0.25, 0.3) is 0 Å². The van der Waals surface area contributed by atoms with Gasteiger partial charge in [-0.3, -0.25) is 0 Å². The van der Waals surface area contributed by atoms with Gasteiger partial charge in [-0.05, 0) is 17.0 Å². The van der Waals surface area contributed by atoms with E-state index in [-0.39, 0.29) is 6.61 Å². The van der Waals surface area contributed by atoms with E-state index in [1.807, 2.05) is 0 Å². The van der Waals surface area contributed by atoms with Crippen LogP contribution in [0, 0.1) is 6.92 Å². The van der Waals surface area contributed by atoms with Crippen LogP contribution < -0.4 is 0 Å². The van der Waals surface area contributed by atoms with E-state index in [1.165, 1.54) is 11.1 Å². The fourth-order valence-electron chi connectivity index (χ4n) is 0.965. The van der Waals surface area contributed by atoms with Gasteiger partial charge >= 0.3 is 0 Å². The van der Waals surface area contributed by atoms with Gasteiger partial charge in [0.2, 0.25) is 0 Å². The van der Waals surface area contributed by atoms with E-state index in [0.717, 1.165) is 5.75 Å². The predicted molar refractivity (Wildman–Crippen MR) is 54.4 cm³/mol. The number of hydrogen-bond acceptors (Lipinski definition) is 2. The first-order valence-corrected chi connectivity index (χ1v) is 5.35. The van der Waals surface area contributed by atoms with Crippen LogP contribution in [0.3, 0.4) is 0 Å². The number of benzene rings is 1. The van der Waals surface area contributed by atoms with Crippen LogP contribution in [0.15, 0.2) is 24.3 Å². The van der Waals surface area contributed by atoms with Gasteiger partial charge in [-0.1, -0.05) is 29.8 Å². The summed E-state index contributed by atoms with van der Waals surface area (Å²) in [7, 11) is 0. The zero-order chi connectivity index (χ0) is 9.52. The molecule has 0 N–H and O–H groups in total. The standard InChI is InChI=1S/C10H13FOS/c1-9-2-4-10(5-3-9)8-13-7-6-12-11/h2-5H,6-8H2,1H3. The van der Waals surface area contributed by atoms with E-state index in [4.69, 9.17) is 0 Å². The molecule has 13 heavy (non-hydrogen) atoms. The number of thioether (sulfide) groups is 1. The molecule has 0 fully saturated rings. The molecule has 0 spiro atoms. The molecular weight excluding hydrogens is 187 g/mol. The van der Waals surface area contributed by atoms with Crippen LogP contribution >= 0.6 is 11.8 Å². The Morgan fingerprint density at radius 1 is 1.31 bits per heavy atom. The average molecular weight is 200 g/mol. The molecule has 0 aliphatic heterocycles. The molecule has 3 heteroatoms. The Kier molecular flexibility index (Phi) is 4.86. The second-order valence-corrected chi connectivity index (χ2v) is 3.96. The van der Waals surface area contributed by atoms with Crippen LogP contribution in [0.1, 0.15) is 11.1 Å². The lowest BCUT2D eigenvalue weighted by Gasteiger charge is -2.00. The molecule has 1 nitrogen and oxygen atoms in total. The third-order valence-electron chi connectivity index (χ3n) is 1.69. The molecule has 0 amide bonds. The largest absolute Gasteiger partial charge is 0.193 e. The highest BCUT2D eigenvalue weighted by Gasteiger charge is 1.93. The smallest absolute Gasteiger partial charge is 0.0966 e. The first kappa shape index (κ1) is 10.5. The Morgan fingerprint density at radius 3 is 2.62 bits per heavy atom. The minimum absolute atomic E-state index is 0.177. The molecule has 0 aliphatic carbocycles. The summed E-state index contributed by atoms with van der Waals surface area (Å²) >= 11 is 1.67. The molecule has 72 valence electrons. The van der Waals surface area contributed by atoms with E-state index >= 15 is 0 Å². The molecule has 0 heterocycles. The molecule has 0 aliphatic rings. The van der Waals surface area contributed by atoms with Crippen molar-refractivity contribution in [1.29, 1.82) is 0 Å². The second kappa shape index (κ2) is 6.00. The molecular formula is C10H13FOS. The van der Waals surface area contributed by atoms with Gasteiger partial charge in [0.1, 0.15) is 0 Å². The monoisotopic (exact) mass is 200 g/mol. The molecule has 0 radical (unpaired) electrons. The van der Waals surface area contributed by atoms with Crippen LogP contribution in [0.25, 0.3) is 0 Å². The molecule has 0 unspecified atom stereocenters. The van der Waals surface area contributed by atoms with E-state index < -0.39 is 0 Å². The summed E-state index contributed by atoms with van der Waals surface area (Å²) in [5.41, 5.74) is 2.54. The number of rotatable bonds is 5. The van der Waals surface area contributed by atoms with Gasteiger partial charge in [-0.2, -0.15) is 16.7 Å². The molecule has 1 aromatic rings. The van der Waals surface area contributed by atoms with Crippen LogP contribution in [0.5, 0.6) is 0 Å². The van der Waals surface area contributed by atoms with E-state index in [0.29, 0.717) is 5.75 Å². The third kappa shape index (κ3) is 4.29. The van der Waals surface area contributed by atoms with Gasteiger partial charge in [0.15, 0.2) is 0 Å². The van der Waals surface area contributed by atoms with Crippen molar-refractivity contribution in [2.24, 2.45) is 0 Å². The van der Waals surface area contributed by atoms with Gasteiger partial charge in [-0.15, -0.1) is 0 Å². The summed E-state index contributed by atoms with van der Waals surface area (Å²) < 4.78 is 11.3. The Hall–Kier alpha value is -0.540. The van der Waals surface area contributed by atoms with E-state index in [9.17, 15) is 4.53 Å². The maximum Gasteiger partial charge on any atom is 0.0966 e. The fraction of sp³-hybridized carbons (Fsp3) is 0.400. The maximum atomic E-state index is 11.3. The minimum Gasteiger partial charge on any atom is -0.193 e. The molecule has 0 saturated heterocycles. The summed E-state index contributed by atoms with van der Waals surface area (Å²) in [6.45, 7) is 2.24. The number of aryl methyl sites for hydroxylation is 1. The van der Waals surface area contributed by atoms with Crippen LogP contribution in [-0.4, -0.2) is 12.4 Å². The van der Waals surface area contributed by atoms with Crippen molar-refractivity contribution in [2.75, 3.05) is 12.4 Å². The average Bonchev–Trinajstić information content (AvgIpc) is 2.15. The summed E-state index contributed by atoms with van der Waals surface area (Å²) in [5.74, 6) is 1.62. The predicted octanol–water partition coefficient (Wildman–Crippen LogP) is 3.13. The highest BCUT2D eigenvalue weighted by Crippen LogP contribution is 2.12. The van der Waals surface area contributed by atoms with E-state index in [1.54, 1.807) is 11.8 Å². The van der Waals surface area contributed by atoms with Crippen LogP contribution in [0.2, 0.25) is 0 Å². The first-order chi connectivity index (χ1) is 6.33. The first-order valence-electron chi connectivity index (χ1n) is 4.20. The highest BCUT2D eigenvalue weighted by atomic mass is 32.2. The molecule has 0 bridgehead atoms. The molecule has 0 atom stereocenters. The molecule has 0 aromatic heterocycles. The van der Waals surface area contributed by atoms with Crippen molar-refractivity contribution in [3.05, 3.63) is 35.4 Å². The summed E-state index contributed by atoms with van der Waals surface area (Å²) in [4.78, 5) is 3.48. The van der Waals surface area contributed by atoms with Crippen molar-refractivity contribution in [1.82, 2.24) is 0 Å². The van der Waals surface area contributed by atoms with Crippen molar-refractivity contribution < 1.29 is 9.47 Å². The summed E-state index contributed by atoms with van der Waals surface area (Å²) in [6.07, 6.45) is 0. The molecule has 1 aromatic carbocycles. The van der Waals surface area contributed by atoms with Crippen molar-refractivity contribution in [2.45, 2.75) is 12.7 Å². The van der Waals surface area contributed by atoms with Crippen molar-refractivity contribution in [3.63, 3.8) is 0 Å². The Labute approximate surface area is 82.2 Å². The number of hydrogen-bond donors (Lipinski definition) is 0. The minimum atomic E-state index is 0.177. The SMILES string of the molecule is Cc1ccc(CSCCOF)cc1. The summed E-state index contributed by atoms with van der Waals surface area (Å²) in [5, 5.41) is 0. The Bertz CT molecular complexity index is 235. The van der Waals surface area contributed by atoms with Crippen molar-refractivity contribution in [3.8, 4) is 0 Å². The zero-order valence-electron chi connectivity index (χ0n) is 7.63. The lowest BCUT2D eigenvalue weighted by atomic mass is 10.2. The topological polar surface area (TPSA) is 9.23 Å². The van der Waals surface area contributed by atoms with E-state index in [2.05, 4.69) is 36.1 Å². The third-order valence-corrected chi connectivity index (χ3v) is 2.69. The number of halogens is 1. The lowest BCUT2D eigenvalue weighted by Crippen LogP contribution is -1.89. The Morgan fingerprint density at radius 2 is 2.00 bits per heavy atom. The fourth-order valence-corrected chi connectivity index (χ4v) is 1.72. The lowest BCUT2D eigenvalue weighted by molar-refractivity contribution is -0.124. The van der Waals surface area contributed by atoms with Gasteiger partial charge in [0.05, 0.1) is 6.61 Å². The van der Waals surface area contributed by atoms with Crippen LogP contribution in [0.4, 0.5) is 4.53 Å². The second-order valence-electron chi connectivity index (χ2n) is 2.85. The summed E-state index contributed by atoms with van der Waals surface area (Å²) in [6, 6.07) is 8.36. The maximum absolute atomic E-state index is 11.3. The van der Waals surface area contributed by atoms with Gasteiger partial charge in [-0.25, -0.2) is 0 Å². The molecule has 0 saturated carbocycles.